The van der Waals surface area contributed by atoms with E-state index in [1.165, 1.54) is 34.9 Å². The topological polar surface area (TPSA) is 184 Å². The van der Waals surface area contributed by atoms with Crippen molar-refractivity contribution >= 4 is 50.7 Å². The minimum absolute atomic E-state index is 0.00228. The first-order valence-electron chi connectivity index (χ1n) is 20.2. The van der Waals surface area contributed by atoms with Gasteiger partial charge in [0.15, 0.2) is 11.6 Å². The molecule has 2 atom stereocenters. The van der Waals surface area contributed by atoms with Crippen molar-refractivity contribution in [2.24, 2.45) is 0 Å². The van der Waals surface area contributed by atoms with Crippen molar-refractivity contribution in [2.75, 3.05) is 32.7 Å². The lowest BCUT2D eigenvalue weighted by Crippen LogP contribution is -2.47. The van der Waals surface area contributed by atoms with E-state index in [1.807, 2.05) is 12.1 Å². The number of nitrogens with zero attached hydrogens (tertiary/aromatic N) is 6. The number of aryl methyl sites for hydroxylation is 1. The molecule has 0 amide bonds. The van der Waals surface area contributed by atoms with Crippen LogP contribution in [0.2, 0.25) is 10.0 Å². The van der Waals surface area contributed by atoms with E-state index in [9.17, 15) is 29.9 Å². The number of hydrogen-bond donors (Lipinski definition) is 4. The molecule has 3 aromatic heterocycles. The number of ether oxygens (including phenoxy) is 2. The van der Waals surface area contributed by atoms with Crippen LogP contribution in [0.1, 0.15) is 23.2 Å². The number of carbonyl (C=O) groups is 1. The normalized spacial score (nSPS) is 14.3. The molecule has 0 saturated carbocycles. The summed E-state index contributed by atoms with van der Waals surface area (Å²) in [6.07, 6.45) is 1.48. The number of β-amino-alcohol motifs (C(OH)–C–C–N with tert-alkyl or cyclic N) is 1. The Hall–Kier alpha value is -5.82. The molecule has 8 rings (SSSR count). The number of aliphatic carboxylic acids is 1. The van der Waals surface area contributed by atoms with Crippen LogP contribution in [-0.4, -0.2) is 101 Å². The van der Waals surface area contributed by atoms with Gasteiger partial charge in [0.2, 0.25) is 12.0 Å². The molecule has 0 spiro atoms. The van der Waals surface area contributed by atoms with Gasteiger partial charge < -0.3 is 29.8 Å². The first-order valence-corrected chi connectivity index (χ1v) is 21.8. The average molecular weight is 928 g/mol. The fourth-order valence-electron chi connectivity index (χ4n) is 7.51. The molecule has 1 aliphatic rings. The summed E-state index contributed by atoms with van der Waals surface area (Å²) in [5.74, 6) is -0.840. The van der Waals surface area contributed by atoms with Gasteiger partial charge in [0.25, 0.3) is 0 Å². The third-order valence-corrected chi connectivity index (χ3v) is 12.3. The van der Waals surface area contributed by atoms with Crippen LogP contribution in [0.15, 0.2) is 104 Å². The van der Waals surface area contributed by atoms with E-state index in [0.717, 1.165) is 5.56 Å². The molecule has 4 N–H and O–H groups in total. The molecule has 1 fully saturated rings. The second kappa shape index (κ2) is 20.3. The number of fused-ring (bicyclic) bond motifs is 1. The van der Waals surface area contributed by atoms with Gasteiger partial charge in [0.1, 0.15) is 29.3 Å². The molecule has 14 nitrogen and oxygen atoms in total. The third kappa shape index (κ3) is 10.7. The maximum Gasteiger partial charge on any atom is 0.345 e. The van der Waals surface area contributed by atoms with E-state index in [1.54, 1.807) is 72.9 Å². The number of hydroxylamine groups is 2. The minimum Gasteiger partial charge on any atom is -0.487 e. The van der Waals surface area contributed by atoms with Gasteiger partial charge in [-0.2, -0.15) is 5.06 Å². The number of aliphatic hydroxyl groups excluding tert-OH is 1. The molecule has 4 aromatic carbocycles. The number of rotatable bonds is 17. The molecule has 7 aromatic rings. The number of aromatic nitrogens is 4. The van der Waals surface area contributed by atoms with Crippen molar-refractivity contribution in [3.05, 3.63) is 136 Å². The van der Waals surface area contributed by atoms with E-state index < -0.39 is 24.0 Å². The Morgan fingerprint density at radius 2 is 1.66 bits per heavy atom. The average Bonchev–Trinajstić information content (AvgIpc) is 3.69. The van der Waals surface area contributed by atoms with Crippen LogP contribution < -0.4 is 14.4 Å². The smallest absolute Gasteiger partial charge is 0.345 e. The van der Waals surface area contributed by atoms with Gasteiger partial charge in [0, 0.05) is 65.8 Å². The predicted molar refractivity (Wildman–Crippen MR) is 240 cm³/mol. The number of halogens is 3. The molecule has 64 heavy (non-hydrogen) atoms. The van der Waals surface area contributed by atoms with Crippen LogP contribution in [0.4, 0.5) is 4.39 Å². The fourth-order valence-corrected chi connectivity index (χ4v) is 9.19. The zero-order valence-corrected chi connectivity index (χ0v) is 36.3. The van der Waals surface area contributed by atoms with E-state index in [2.05, 4.69) is 29.7 Å². The number of carboxylic acid groups (broad SMARTS) is 1. The first-order chi connectivity index (χ1) is 31.0. The van der Waals surface area contributed by atoms with Gasteiger partial charge >= 0.3 is 5.97 Å². The van der Waals surface area contributed by atoms with Crippen LogP contribution in [0.3, 0.4) is 0 Å². The number of benzene rings is 4. The Morgan fingerprint density at radius 1 is 0.891 bits per heavy atom. The maximum atomic E-state index is 14.1. The summed E-state index contributed by atoms with van der Waals surface area (Å²) in [6, 6.07) is 24.9. The lowest BCUT2D eigenvalue weighted by molar-refractivity contribution is -0.145. The van der Waals surface area contributed by atoms with Crippen LogP contribution in [0.25, 0.3) is 43.2 Å². The zero-order chi connectivity index (χ0) is 44.7. The molecule has 0 aliphatic carbocycles. The largest absolute Gasteiger partial charge is 0.487 e. The highest BCUT2D eigenvalue weighted by Gasteiger charge is 2.28. The molecule has 18 heteroatoms. The van der Waals surface area contributed by atoms with Gasteiger partial charge in [-0.15, -0.1) is 11.3 Å². The maximum absolute atomic E-state index is 14.1. The summed E-state index contributed by atoms with van der Waals surface area (Å²) in [4.78, 5) is 38.9. The van der Waals surface area contributed by atoms with Crippen LogP contribution >= 0.6 is 34.5 Å². The van der Waals surface area contributed by atoms with Crippen molar-refractivity contribution in [1.29, 1.82) is 0 Å². The van der Waals surface area contributed by atoms with Crippen LogP contribution in [0, 0.1) is 5.82 Å². The van der Waals surface area contributed by atoms with Gasteiger partial charge in [-0.3, -0.25) is 4.90 Å². The molecule has 330 valence electrons. The number of piperazine rings is 1. The summed E-state index contributed by atoms with van der Waals surface area (Å²) in [6.45, 7) is 2.72. The lowest BCUT2D eigenvalue weighted by atomic mass is 9.99. The number of para-hydroxylation sites is 1. The Balaban J connectivity index is 1.11. The standard InChI is InChI=1S/C46H41Cl2FN6O8S/c47-31-20-30(21-32(48)23-31)40-41-44(51-26-52-45(41)64-42(40)28-7-9-33(49)10-8-28)62-39(46(57)58)22-29-19-27(5-11-35(56)24-54-15-17-55(59)18-16-54)6-12-37(29)61-25-34-13-14-50-43(53-34)36-3-1-2-4-38(36)63-60/h1-4,6-10,12-14,19-21,23,26,35,39,56,59-60H,5,11,15-18,22,24-25H2,(H,57,58)/t35?,39-/m0/s1. The van der Waals surface area contributed by atoms with Gasteiger partial charge in [-0.25, -0.2) is 34.4 Å². The minimum atomic E-state index is -1.49. The highest BCUT2D eigenvalue weighted by atomic mass is 35.5. The van der Waals surface area contributed by atoms with Crippen molar-refractivity contribution in [2.45, 2.75) is 38.1 Å². The van der Waals surface area contributed by atoms with Gasteiger partial charge in [0.05, 0.1) is 22.7 Å². The van der Waals surface area contributed by atoms with E-state index in [0.29, 0.717) is 116 Å². The quantitative estimate of drug-likeness (QED) is 0.0502. The van der Waals surface area contributed by atoms with Gasteiger partial charge in [-0.1, -0.05) is 59.6 Å². The zero-order valence-electron chi connectivity index (χ0n) is 34.0. The van der Waals surface area contributed by atoms with E-state index >= 15 is 0 Å². The Kier molecular flexibility index (Phi) is 14.2. The first kappa shape index (κ1) is 44.8. The highest BCUT2D eigenvalue weighted by Crippen LogP contribution is 2.48. The van der Waals surface area contributed by atoms with Crippen molar-refractivity contribution in [3.63, 3.8) is 0 Å². The Labute approximate surface area is 380 Å². The summed E-state index contributed by atoms with van der Waals surface area (Å²) in [7, 11) is 0. The second-order valence-corrected chi connectivity index (χ2v) is 17.0. The third-order valence-electron chi connectivity index (χ3n) is 10.7. The molecule has 0 bridgehead atoms. The second-order valence-electron chi connectivity index (χ2n) is 15.1. The number of aliphatic hydroxyl groups is 1. The molecule has 1 aliphatic heterocycles. The lowest BCUT2D eigenvalue weighted by Gasteiger charge is -2.32. The summed E-state index contributed by atoms with van der Waals surface area (Å²) in [5, 5.41) is 43.3. The van der Waals surface area contributed by atoms with E-state index in [-0.39, 0.29) is 24.7 Å². The van der Waals surface area contributed by atoms with Crippen molar-refractivity contribution in [1.82, 2.24) is 29.9 Å². The Morgan fingerprint density at radius 3 is 2.41 bits per heavy atom. The number of carboxylic acids is 1. The fraction of sp³-hybridized carbons (Fsp3) is 0.239. The monoisotopic (exact) mass is 926 g/mol. The molecule has 4 heterocycles. The molecular formula is C46H41Cl2FN6O8S. The van der Waals surface area contributed by atoms with Crippen molar-refractivity contribution in [3.8, 4) is 50.3 Å². The summed E-state index contributed by atoms with van der Waals surface area (Å²) in [5.41, 5.74) is 4.15. The predicted octanol–water partition coefficient (Wildman–Crippen LogP) is 8.73. The van der Waals surface area contributed by atoms with Crippen LogP contribution in [0.5, 0.6) is 17.4 Å². The summed E-state index contributed by atoms with van der Waals surface area (Å²) < 4.78 is 26.8. The molecular weight excluding hydrogens is 887 g/mol. The van der Waals surface area contributed by atoms with Crippen molar-refractivity contribution < 1.29 is 44.2 Å². The number of thiophene rings is 1. The molecule has 1 saturated heterocycles. The van der Waals surface area contributed by atoms with Gasteiger partial charge in [-0.05, 0) is 89.7 Å². The molecule has 1 unspecified atom stereocenters. The van der Waals surface area contributed by atoms with E-state index in [4.69, 9.17) is 32.7 Å². The Bertz CT molecular complexity index is 2740. The highest BCUT2D eigenvalue weighted by molar-refractivity contribution is 7.22. The van der Waals surface area contributed by atoms with Crippen LogP contribution in [-0.2, 0) is 24.2 Å². The SMILES string of the molecule is O=C(O)[C@H](Cc1cc(CCC(O)CN2CCN(O)CC2)ccc1OCc1ccnc(-c2ccccc2OO)n1)Oc1ncnc2sc(-c3ccc(F)cc3)c(-c3cc(Cl)cc(Cl)c3)c12. The summed E-state index contributed by atoms with van der Waals surface area (Å²) >= 11 is 14.3. The molecule has 0 radical (unpaired) electrons. The number of hydrogen-bond acceptors (Lipinski definition) is 14.